The number of anilines is 2. The number of pyridine rings is 1. The fraction of sp³-hybridized carbons (Fsp3) is 0.583. The smallest absolute Gasteiger partial charge is 0.395 e. The van der Waals surface area contributed by atoms with Crippen molar-refractivity contribution in [2.75, 3.05) is 30.3 Å². The lowest BCUT2D eigenvalue weighted by Gasteiger charge is -2.23. The Labute approximate surface area is 110 Å². The number of hydrogen-bond donors (Lipinski definition) is 2. The summed E-state index contributed by atoms with van der Waals surface area (Å²) in [4.78, 5) is 5.52. The van der Waals surface area contributed by atoms with Crippen LogP contribution < -0.4 is 10.6 Å². The molecule has 0 saturated heterocycles. The minimum Gasteiger partial charge on any atom is -0.395 e. The zero-order valence-corrected chi connectivity index (χ0v) is 10.7. The summed E-state index contributed by atoms with van der Waals surface area (Å²) in [6.07, 6.45) is -2.75. The van der Waals surface area contributed by atoms with Crippen molar-refractivity contribution in [2.24, 2.45) is 0 Å². The number of nitrogens with zero attached hydrogens (tertiary/aromatic N) is 2. The first-order valence-corrected chi connectivity index (χ1v) is 6.09. The molecule has 19 heavy (non-hydrogen) atoms. The molecule has 1 rings (SSSR count). The van der Waals surface area contributed by atoms with E-state index in [1.165, 1.54) is 0 Å². The summed E-state index contributed by atoms with van der Waals surface area (Å²) in [7, 11) is 0. The van der Waals surface area contributed by atoms with Gasteiger partial charge >= 0.3 is 6.18 Å². The molecule has 1 heterocycles. The largest absolute Gasteiger partial charge is 0.416 e. The maximum atomic E-state index is 12.7. The Balaban J connectivity index is 3.05. The van der Waals surface area contributed by atoms with E-state index in [1.54, 1.807) is 4.90 Å². The summed E-state index contributed by atoms with van der Waals surface area (Å²) in [5, 5.41) is 8.97. The second-order valence-corrected chi connectivity index (χ2v) is 4.20. The number of nitrogen functional groups attached to an aromatic ring is 1. The lowest BCUT2D eigenvalue weighted by atomic mass is 10.2. The highest BCUT2D eigenvalue weighted by atomic mass is 19.4. The topological polar surface area (TPSA) is 62.4 Å². The fourth-order valence-electron chi connectivity index (χ4n) is 1.67. The van der Waals surface area contributed by atoms with Crippen LogP contribution in [0, 0.1) is 0 Å². The van der Waals surface area contributed by atoms with Gasteiger partial charge in [-0.1, -0.05) is 13.3 Å². The van der Waals surface area contributed by atoms with E-state index in [-0.39, 0.29) is 24.8 Å². The maximum Gasteiger partial charge on any atom is 0.416 e. The zero-order valence-electron chi connectivity index (χ0n) is 10.7. The van der Waals surface area contributed by atoms with Gasteiger partial charge in [-0.3, -0.25) is 0 Å². The van der Waals surface area contributed by atoms with Crippen LogP contribution in [-0.4, -0.2) is 29.8 Å². The molecule has 3 N–H and O–H groups in total. The number of aliphatic hydroxyl groups is 1. The van der Waals surface area contributed by atoms with E-state index in [2.05, 4.69) is 4.98 Å². The Bertz CT molecular complexity index is 410. The van der Waals surface area contributed by atoms with Gasteiger partial charge in [0.25, 0.3) is 0 Å². The predicted octanol–water partition coefficient (Wildman–Crippen LogP) is 2.28. The van der Waals surface area contributed by atoms with Crippen molar-refractivity contribution in [3.63, 3.8) is 0 Å². The van der Waals surface area contributed by atoms with Gasteiger partial charge in [0.05, 0.1) is 12.2 Å². The van der Waals surface area contributed by atoms with Crippen LogP contribution >= 0.6 is 0 Å². The van der Waals surface area contributed by atoms with Crippen molar-refractivity contribution >= 4 is 11.6 Å². The molecule has 0 aromatic carbocycles. The molecular weight excluding hydrogens is 259 g/mol. The van der Waals surface area contributed by atoms with Crippen molar-refractivity contribution in [1.82, 2.24) is 4.98 Å². The Morgan fingerprint density at radius 1 is 1.32 bits per heavy atom. The third-order valence-electron chi connectivity index (χ3n) is 2.63. The average Bonchev–Trinajstić information content (AvgIpc) is 2.32. The summed E-state index contributed by atoms with van der Waals surface area (Å²) in [5.41, 5.74) is 4.59. The van der Waals surface area contributed by atoms with E-state index in [0.29, 0.717) is 6.54 Å². The Kier molecular flexibility index (Phi) is 5.41. The van der Waals surface area contributed by atoms with Gasteiger partial charge in [-0.15, -0.1) is 0 Å². The molecule has 1 aromatic heterocycles. The normalized spacial score (nSPS) is 11.6. The zero-order chi connectivity index (χ0) is 14.5. The molecule has 0 atom stereocenters. The second kappa shape index (κ2) is 6.60. The number of aliphatic hydroxyl groups excluding tert-OH is 1. The van der Waals surface area contributed by atoms with Crippen LogP contribution in [0.2, 0.25) is 0 Å². The molecule has 7 heteroatoms. The molecule has 4 nitrogen and oxygen atoms in total. The SMILES string of the molecule is CCCCN(CCO)c1cc(C(F)(F)F)cc(N)n1. The minimum absolute atomic E-state index is 0.148. The molecule has 0 saturated carbocycles. The Morgan fingerprint density at radius 3 is 2.53 bits per heavy atom. The quantitative estimate of drug-likeness (QED) is 0.837. The first-order chi connectivity index (χ1) is 8.88. The van der Waals surface area contributed by atoms with Crippen molar-refractivity contribution < 1.29 is 18.3 Å². The predicted molar refractivity (Wildman–Crippen MR) is 67.9 cm³/mol. The lowest BCUT2D eigenvalue weighted by Crippen LogP contribution is -2.29. The maximum absolute atomic E-state index is 12.7. The molecule has 0 aliphatic rings. The van der Waals surface area contributed by atoms with E-state index in [0.717, 1.165) is 25.0 Å². The van der Waals surface area contributed by atoms with Crippen LogP contribution in [0.15, 0.2) is 12.1 Å². The van der Waals surface area contributed by atoms with Crippen molar-refractivity contribution in [3.8, 4) is 0 Å². The number of unbranched alkanes of at least 4 members (excludes halogenated alkanes) is 1. The summed E-state index contributed by atoms with van der Waals surface area (Å²) < 4.78 is 38.1. The lowest BCUT2D eigenvalue weighted by molar-refractivity contribution is -0.137. The van der Waals surface area contributed by atoms with Gasteiger partial charge in [-0.2, -0.15) is 13.2 Å². The van der Waals surface area contributed by atoms with Crippen LogP contribution in [0.4, 0.5) is 24.8 Å². The molecule has 0 aliphatic carbocycles. The van der Waals surface area contributed by atoms with Gasteiger partial charge in [0.2, 0.25) is 0 Å². The van der Waals surface area contributed by atoms with Crippen LogP contribution in [0.1, 0.15) is 25.3 Å². The van der Waals surface area contributed by atoms with Gasteiger partial charge in [-0.05, 0) is 18.6 Å². The highest BCUT2D eigenvalue weighted by Gasteiger charge is 2.32. The fourth-order valence-corrected chi connectivity index (χ4v) is 1.67. The average molecular weight is 277 g/mol. The molecule has 0 radical (unpaired) electrons. The van der Waals surface area contributed by atoms with Crippen LogP contribution in [0.3, 0.4) is 0 Å². The van der Waals surface area contributed by atoms with E-state index >= 15 is 0 Å². The first kappa shape index (κ1) is 15.6. The highest BCUT2D eigenvalue weighted by Crippen LogP contribution is 2.32. The van der Waals surface area contributed by atoms with E-state index in [4.69, 9.17) is 10.8 Å². The molecule has 0 unspecified atom stereocenters. The highest BCUT2D eigenvalue weighted by molar-refractivity contribution is 5.49. The third kappa shape index (κ3) is 4.59. The summed E-state index contributed by atoms with van der Waals surface area (Å²) in [6.45, 7) is 2.59. The van der Waals surface area contributed by atoms with Crippen molar-refractivity contribution in [1.29, 1.82) is 0 Å². The number of nitrogens with two attached hydrogens (primary N) is 1. The second-order valence-electron chi connectivity index (χ2n) is 4.20. The molecule has 0 spiro atoms. The third-order valence-corrected chi connectivity index (χ3v) is 2.63. The van der Waals surface area contributed by atoms with Gasteiger partial charge in [0.1, 0.15) is 11.6 Å². The van der Waals surface area contributed by atoms with Gasteiger partial charge in [0, 0.05) is 13.1 Å². The summed E-state index contributed by atoms with van der Waals surface area (Å²) >= 11 is 0. The van der Waals surface area contributed by atoms with Crippen LogP contribution in [0.5, 0.6) is 0 Å². The number of aromatic nitrogens is 1. The van der Waals surface area contributed by atoms with Crippen LogP contribution in [0.25, 0.3) is 0 Å². The van der Waals surface area contributed by atoms with Crippen LogP contribution in [-0.2, 0) is 6.18 Å². The molecule has 0 bridgehead atoms. The van der Waals surface area contributed by atoms with E-state index in [9.17, 15) is 13.2 Å². The summed E-state index contributed by atoms with van der Waals surface area (Å²) in [6, 6.07) is 1.77. The van der Waals surface area contributed by atoms with E-state index in [1.807, 2.05) is 6.92 Å². The molecule has 0 aliphatic heterocycles. The van der Waals surface area contributed by atoms with Gasteiger partial charge in [0.15, 0.2) is 0 Å². The molecule has 108 valence electrons. The molecular formula is C12H18F3N3O. The number of rotatable bonds is 6. The monoisotopic (exact) mass is 277 g/mol. The number of hydrogen-bond acceptors (Lipinski definition) is 4. The number of alkyl halides is 3. The van der Waals surface area contributed by atoms with Crippen molar-refractivity contribution in [3.05, 3.63) is 17.7 Å². The number of halogens is 3. The standard InChI is InChI=1S/C12H18F3N3O/c1-2-3-4-18(5-6-19)11-8-9(12(13,14)15)7-10(16)17-11/h7-8,19H,2-6H2,1H3,(H2,16,17). The van der Waals surface area contributed by atoms with Gasteiger partial charge in [-0.25, -0.2) is 4.98 Å². The van der Waals surface area contributed by atoms with Crippen molar-refractivity contribution in [2.45, 2.75) is 25.9 Å². The molecule has 0 amide bonds. The molecule has 0 fully saturated rings. The van der Waals surface area contributed by atoms with E-state index < -0.39 is 11.7 Å². The summed E-state index contributed by atoms with van der Waals surface area (Å²) in [5.74, 6) is -0.0286. The van der Waals surface area contributed by atoms with Gasteiger partial charge < -0.3 is 15.7 Å². The minimum atomic E-state index is -4.46. The molecule has 1 aromatic rings. The Morgan fingerprint density at radius 2 is 2.00 bits per heavy atom. The Hall–Kier alpha value is -1.50. The first-order valence-electron chi connectivity index (χ1n) is 6.09.